The molecule has 0 rings (SSSR count). The van der Waals surface area contributed by atoms with Crippen LogP contribution in [0.2, 0.25) is 0 Å². The molecule has 0 atom stereocenters. The van der Waals surface area contributed by atoms with Crippen molar-refractivity contribution >= 4 is 35.8 Å². The molecule has 0 aliphatic heterocycles. The van der Waals surface area contributed by atoms with E-state index in [2.05, 4.69) is 0 Å². The first-order valence-electron chi connectivity index (χ1n) is 3.20. The van der Waals surface area contributed by atoms with Crippen molar-refractivity contribution in [3.05, 3.63) is 0 Å². The SMILES string of the molecule is O=C([O-])C(=O)[O-].O=C([O-])C(=O)[O-].O=C([O-])C(=O)[O-].[Am+3].[Am+3]. The number of aliphatic carboxylic acids is 6. The molecular formula is C6Am2O12. The van der Waals surface area contributed by atoms with Crippen LogP contribution in [0.15, 0.2) is 0 Å². The molecule has 14 heteroatoms. The minimum absolute atomic E-state index is 0. The predicted octanol–water partition coefficient (Wildman–Crippen LogP) is -10.5. The summed E-state index contributed by atoms with van der Waals surface area (Å²) in [6, 6.07) is 0. The minimum Gasteiger partial charge on any atom is -0.543 e. The summed E-state index contributed by atoms with van der Waals surface area (Å²) in [5, 5.41) is 53.6. The Morgan fingerprint density at radius 3 is 0.400 bits per heavy atom. The van der Waals surface area contributed by atoms with Gasteiger partial charge in [-0.1, -0.05) is 0 Å². The average Bonchev–Trinajstić information content (AvgIpc) is 2.18. The van der Waals surface area contributed by atoms with E-state index in [0.29, 0.717) is 0 Å². The third-order valence-corrected chi connectivity index (χ3v) is 0.500. The topological polar surface area (TPSA) is 241 Å². The molecular weight excluding hydrogens is 750 g/mol. The van der Waals surface area contributed by atoms with Gasteiger partial charge in [0.1, 0.15) is 0 Å². The molecule has 12 nitrogen and oxygen atoms in total. The van der Waals surface area contributed by atoms with Crippen molar-refractivity contribution in [1.29, 1.82) is 0 Å². The zero-order valence-electron chi connectivity index (χ0n) is 8.65. The second kappa shape index (κ2) is 16.6. The van der Waals surface area contributed by atoms with Crippen LogP contribution in [0.25, 0.3) is 0 Å². The fourth-order valence-corrected chi connectivity index (χ4v) is 0. The van der Waals surface area contributed by atoms with Gasteiger partial charge in [0.15, 0.2) is 0 Å². The van der Waals surface area contributed by atoms with Crippen LogP contribution in [-0.2, 0) is 28.8 Å². The average molecular weight is 750 g/mol. The van der Waals surface area contributed by atoms with Gasteiger partial charge >= 0.3 is 28.6 Å². The molecule has 0 fully saturated rings. The van der Waals surface area contributed by atoms with Crippen LogP contribution >= 0.6 is 0 Å². The zero-order chi connectivity index (χ0) is 15.5. The van der Waals surface area contributed by atoms with Crippen molar-refractivity contribution in [2.24, 2.45) is 0 Å². The fraction of sp³-hybridized carbons (Fsp3) is 0. The maximum absolute atomic E-state index is 8.93. The Balaban J connectivity index is -0.0000000536. The minimum atomic E-state index is -2.19. The molecule has 0 aromatic rings. The third kappa shape index (κ3) is 36.1. The van der Waals surface area contributed by atoms with Gasteiger partial charge in [-0.3, -0.25) is 0 Å². The number of hydrogen-bond acceptors (Lipinski definition) is 12. The van der Waals surface area contributed by atoms with Crippen molar-refractivity contribution in [1.82, 2.24) is 0 Å². The van der Waals surface area contributed by atoms with Crippen molar-refractivity contribution in [3.8, 4) is 0 Å². The Hall–Kier alpha value is -2.40. The summed E-state index contributed by atoms with van der Waals surface area (Å²) in [5.74, 6) is -13.1. The first-order valence-corrected chi connectivity index (χ1v) is 3.20. The normalized spacial score (nSPS) is 6.60. The van der Waals surface area contributed by atoms with Crippen molar-refractivity contribution in [3.63, 3.8) is 0 Å². The summed E-state index contributed by atoms with van der Waals surface area (Å²) < 4.78 is 0. The van der Waals surface area contributed by atoms with Gasteiger partial charge in [0, 0.05) is 0 Å². The number of carboxylic acid groups (broad SMARTS) is 6. The van der Waals surface area contributed by atoms with Gasteiger partial charge in [-0.15, -0.1) is 0 Å². The number of hydrogen-bond donors (Lipinski definition) is 0. The molecule has 0 aromatic carbocycles. The number of carbonyl (C=O) groups is 6. The molecule has 0 heterocycles. The number of rotatable bonds is 0. The van der Waals surface area contributed by atoms with Crippen LogP contribution in [0.1, 0.15) is 0 Å². The smallest absolute Gasteiger partial charge is 0.543 e. The van der Waals surface area contributed by atoms with Crippen LogP contribution in [0.5, 0.6) is 0 Å². The first-order chi connectivity index (χ1) is 7.93. The molecule has 0 N–H and O–H groups in total. The molecule has 0 aromatic heterocycles. The number of carbonyl (C=O) groups excluding carboxylic acids is 6. The molecule has 0 spiro atoms. The standard InChI is InChI=1S/3C2H2O4.2Am/c3*3-1(4)2(5)6;;/h3*(H,3,4)(H,5,6);;/q;;;2*+3/p-6. The maximum atomic E-state index is 8.93. The second-order valence-corrected chi connectivity index (χ2v) is 1.72. The Labute approximate surface area is 124 Å². The Bertz CT molecular complexity index is 281. The molecule has 0 amide bonds. The van der Waals surface area contributed by atoms with Gasteiger partial charge in [0.05, 0.1) is 35.8 Å². The molecule has 0 saturated heterocycles. The van der Waals surface area contributed by atoms with Gasteiger partial charge in [-0.25, -0.2) is 0 Å². The quantitative estimate of drug-likeness (QED) is 0.210. The Morgan fingerprint density at radius 1 is 0.350 bits per heavy atom. The Morgan fingerprint density at radius 2 is 0.400 bits per heavy atom. The van der Waals surface area contributed by atoms with E-state index in [4.69, 9.17) is 59.4 Å². The largest absolute Gasteiger partial charge is 3.00 e. The van der Waals surface area contributed by atoms with Crippen LogP contribution in [0.4, 0.5) is 0 Å². The van der Waals surface area contributed by atoms with Crippen LogP contribution in [0.3, 0.4) is 0 Å². The summed E-state index contributed by atoms with van der Waals surface area (Å²) in [5.41, 5.74) is 0. The summed E-state index contributed by atoms with van der Waals surface area (Å²) in [4.78, 5) is 53.6. The third-order valence-electron chi connectivity index (χ3n) is 0.500. The van der Waals surface area contributed by atoms with E-state index in [0.717, 1.165) is 0 Å². The zero-order valence-corrected chi connectivity index (χ0v) is 14.9. The van der Waals surface area contributed by atoms with Crippen LogP contribution < -0.4 is 30.6 Å². The summed E-state index contributed by atoms with van der Waals surface area (Å²) in [6.45, 7) is 0. The summed E-state index contributed by atoms with van der Waals surface area (Å²) >= 11 is 0. The fourth-order valence-electron chi connectivity index (χ4n) is 0. The van der Waals surface area contributed by atoms with Gasteiger partial charge in [-0.2, -0.15) is 0 Å². The van der Waals surface area contributed by atoms with Gasteiger partial charge < -0.3 is 59.4 Å². The van der Waals surface area contributed by atoms with E-state index in [9.17, 15) is 0 Å². The van der Waals surface area contributed by atoms with E-state index >= 15 is 0 Å². The Kier molecular flexibility index (Phi) is 25.4. The van der Waals surface area contributed by atoms with Crippen molar-refractivity contribution in [2.45, 2.75) is 0 Å². The first kappa shape index (κ1) is 30.5. The monoisotopic (exact) mass is 746 g/mol. The molecule has 0 bridgehead atoms. The van der Waals surface area contributed by atoms with Crippen LogP contribution in [-0.4, -0.2) is 35.8 Å². The van der Waals surface area contributed by atoms with E-state index in [1.54, 1.807) is 0 Å². The van der Waals surface area contributed by atoms with Gasteiger partial charge in [0.25, 0.3) is 0 Å². The molecule has 0 radical (unpaired) electrons. The molecule has 0 saturated carbocycles. The molecule has 110 valence electrons. The summed E-state index contributed by atoms with van der Waals surface area (Å²) in [6.07, 6.45) is 0. The van der Waals surface area contributed by atoms with Crippen molar-refractivity contribution < 1.29 is 88.0 Å². The molecule has 0 aliphatic rings. The van der Waals surface area contributed by atoms with E-state index in [1.807, 2.05) is 0 Å². The molecule has 0 aliphatic carbocycles. The molecule has 0 unspecified atom stereocenters. The van der Waals surface area contributed by atoms with Crippen molar-refractivity contribution in [2.75, 3.05) is 0 Å². The van der Waals surface area contributed by atoms with Gasteiger partial charge in [-0.05, 0) is 0 Å². The predicted molar refractivity (Wildman–Crippen MR) is 30.0 cm³/mol. The van der Waals surface area contributed by atoms with Gasteiger partial charge in [0.2, 0.25) is 0 Å². The molecule has 20 heavy (non-hydrogen) atoms. The van der Waals surface area contributed by atoms with E-state index < -0.39 is 35.8 Å². The van der Waals surface area contributed by atoms with E-state index in [-0.39, 0.29) is 28.6 Å². The maximum Gasteiger partial charge on any atom is 3.00 e. The number of carboxylic acids is 6. The van der Waals surface area contributed by atoms with E-state index in [1.165, 1.54) is 0 Å². The van der Waals surface area contributed by atoms with Crippen LogP contribution in [0, 0.1) is 28.6 Å². The second-order valence-electron chi connectivity index (χ2n) is 1.72. The summed E-state index contributed by atoms with van der Waals surface area (Å²) in [7, 11) is 0.